The first-order chi connectivity index (χ1) is 8.06. The van der Waals surface area contributed by atoms with Crippen LogP contribution in [0, 0.1) is 0 Å². The van der Waals surface area contributed by atoms with Crippen molar-refractivity contribution in [3.8, 4) is 0 Å². The number of aliphatic hydroxyl groups is 1. The first-order valence-electron chi connectivity index (χ1n) is 6.82. The Hall–Kier alpha value is -0.610. The van der Waals surface area contributed by atoms with Crippen molar-refractivity contribution in [1.29, 1.82) is 0 Å². The summed E-state index contributed by atoms with van der Waals surface area (Å²) < 4.78 is 1.21. The van der Waals surface area contributed by atoms with Crippen LogP contribution in [0.25, 0.3) is 0 Å². The van der Waals surface area contributed by atoms with E-state index in [2.05, 4.69) is 27.9 Å². The number of unbranched alkanes of at least 4 members (excludes halogenated alkanes) is 2. The fourth-order valence-electron chi connectivity index (χ4n) is 1.28. The molecule has 0 spiro atoms. The van der Waals surface area contributed by atoms with Crippen molar-refractivity contribution < 1.29 is 19.5 Å². The van der Waals surface area contributed by atoms with Gasteiger partial charge in [-0.25, -0.2) is 0 Å². The molecule has 0 radical (unpaired) electrons. The van der Waals surface area contributed by atoms with Crippen molar-refractivity contribution in [1.82, 2.24) is 0 Å². The number of nitrogens with zero attached hydrogens (tertiary/aromatic N) is 1. The zero-order chi connectivity index (χ0) is 14.8. The van der Waals surface area contributed by atoms with Crippen LogP contribution in [-0.4, -0.2) is 48.3 Å². The van der Waals surface area contributed by atoms with Gasteiger partial charge in [0.1, 0.15) is 0 Å². The summed E-state index contributed by atoms with van der Waals surface area (Å²) in [6, 6.07) is 0. The molecule has 0 aliphatic heterocycles. The van der Waals surface area contributed by atoms with Crippen LogP contribution in [0.1, 0.15) is 53.4 Å². The zero-order valence-corrected chi connectivity index (χ0v) is 13.0. The first kappa shape index (κ1) is 19.7. The summed E-state index contributed by atoms with van der Waals surface area (Å²) in [4.78, 5) is 9.66. The number of carboxylic acids is 1. The lowest BCUT2D eigenvalue weighted by Crippen LogP contribution is -2.43. The van der Waals surface area contributed by atoms with Crippen LogP contribution in [0.3, 0.4) is 0 Å². The van der Waals surface area contributed by atoms with Gasteiger partial charge in [-0.05, 0) is 26.7 Å². The number of carboxylic acid groups (broad SMARTS) is 1. The highest BCUT2D eigenvalue weighted by molar-refractivity contribution is 5.73. The van der Waals surface area contributed by atoms with Crippen molar-refractivity contribution in [2.45, 2.75) is 59.0 Å². The van der Waals surface area contributed by atoms with E-state index in [1.807, 2.05) is 0 Å². The molecule has 4 nitrogen and oxygen atoms in total. The predicted octanol–water partition coefficient (Wildman–Crippen LogP) is 1.17. The van der Waals surface area contributed by atoms with Gasteiger partial charge in [0.25, 0.3) is 0 Å². The molecule has 0 aromatic heterocycles. The van der Waals surface area contributed by atoms with Crippen LogP contribution < -0.4 is 5.11 Å². The molecule has 0 saturated heterocycles. The lowest BCUT2D eigenvalue weighted by molar-refractivity contribution is -0.890. The Morgan fingerprint density at radius 1 is 1.11 bits per heavy atom. The first-order valence-corrected chi connectivity index (χ1v) is 6.82. The van der Waals surface area contributed by atoms with E-state index < -0.39 is 11.6 Å². The van der Waals surface area contributed by atoms with Gasteiger partial charge < -0.3 is 19.5 Å². The minimum Gasteiger partial charge on any atom is -0.547 e. The van der Waals surface area contributed by atoms with E-state index in [4.69, 9.17) is 5.11 Å². The van der Waals surface area contributed by atoms with Crippen LogP contribution in [0.4, 0.5) is 0 Å². The van der Waals surface area contributed by atoms with Crippen molar-refractivity contribution >= 4 is 5.97 Å². The topological polar surface area (TPSA) is 60.4 Å². The number of rotatable bonds is 7. The highest BCUT2D eigenvalue weighted by atomic mass is 16.4. The summed E-state index contributed by atoms with van der Waals surface area (Å²) >= 11 is 0. The molecule has 0 rings (SSSR count). The smallest absolute Gasteiger partial charge is 0.0983 e. The molecule has 0 aliphatic rings. The van der Waals surface area contributed by atoms with Crippen molar-refractivity contribution in [3.63, 3.8) is 0 Å². The lowest BCUT2D eigenvalue weighted by atomic mass is 10.1. The summed E-state index contributed by atoms with van der Waals surface area (Å²) in [5, 5.41) is 18.1. The molecule has 0 atom stereocenters. The molecule has 1 N–H and O–H groups in total. The van der Waals surface area contributed by atoms with Crippen molar-refractivity contribution in [2.75, 3.05) is 27.2 Å². The molecule has 0 unspecified atom stereocenters. The van der Waals surface area contributed by atoms with Crippen LogP contribution in [-0.2, 0) is 4.79 Å². The minimum atomic E-state index is -1.69. The number of carbonyl (C=O) groups excluding carboxylic acids is 1. The number of quaternary nitrogens is 1. The van der Waals surface area contributed by atoms with Crippen LogP contribution >= 0.6 is 0 Å². The van der Waals surface area contributed by atoms with Gasteiger partial charge in [-0.1, -0.05) is 26.7 Å². The third-order valence-electron chi connectivity index (χ3n) is 2.73. The van der Waals surface area contributed by atoms with E-state index in [-0.39, 0.29) is 0 Å². The van der Waals surface area contributed by atoms with E-state index in [0.717, 1.165) is 13.8 Å². The average Bonchev–Trinajstić information content (AvgIpc) is 2.23. The summed E-state index contributed by atoms with van der Waals surface area (Å²) in [5.74, 6) is -1.45. The van der Waals surface area contributed by atoms with E-state index in [1.54, 1.807) is 0 Å². The zero-order valence-electron chi connectivity index (χ0n) is 13.0. The molecule has 110 valence electrons. The summed E-state index contributed by atoms with van der Waals surface area (Å²) in [5.41, 5.74) is -1.69. The Labute approximate surface area is 112 Å². The van der Waals surface area contributed by atoms with Crippen LogP contribution in [0.2, 0.25) is 0 Å². The molecule has 18 heavy (non-hydrogen) atoms. The Morgan fingerprint density at radius 3 is 1.56 bits per heavy atom. The second-order valence-electron chi connectivity index (χ2n) is 5.94. The second-order valence-corrected chi connectivity index (χ2v) is 5.94. The molecule has 0 aromatic rings. The average molecular weight is 261 g/mol. The Kier molecular flexibility index (Phi) is 10.2. The normalized spacial score (nSPS) is 11.7. The number of hydrogen-bond acceptors (Lipinski definition) is 3. The molecule has 4 heteroatoms. The SMILES string of the molecule is CC(C)(O)C(=O)[O-].CCCC[N+](C)(C)CCCC. The molecule has 0 heterocycles. The van der Waals surface area contributed by atoms with E-state index >= 15 is 0 Å². The standard InChI is InChI=1S/C10H24N.C4H8O3/c1-5-7-9-11(3,4)10-8-6-2;1-4(2,7)3(5)6/h5-10H2,1-4H3;7H,1-2H3,(H,5,6)/q+1;/p-1. The maximum absolute atomic E-state index is 9.66. The number of carbonyl (C=O) groups is 1. The molecule has 0 fully saturated rings. The lowest BCUT2D eigenvalue weighted by Gasteiger charge is -2.29. The molecule has 0 bridgehead atoms. The summed E-state index contributed by atoms with van der Waals surface area (Å²) in [6.07, 6.45) is 5.40. The quantitative estimate of drug-likeness (QED) is 0.700. The van der Waals surface area contributed by atoms with Crippen LogP contribution in [0.5, 0.6) is 0 Å². The summed E-state index contributed by atoms with van der Waals surface area (Å²) in [7, 11) is 4.68. The van der Waals surface area contributed by atoms with Gasteiger partial charge in [0.2, 0.25) is 0 Å². The molecular weight excluding hydrogens is 230 g/mol. The molecule has 0 aliphatic carbocycles. The Morgan fingerprint density at radius 2 is 1.39 bits per heavy atom. The highest BCUT2D eigenvalue weighted by Crippen LogP contribution is 2.04. The van der Waals surface area contributed by atoms with Gasteiger partial charge >= 0.3 is 0 Å². The fourth-order valence-corrected chi connectivity index (χ4v) is 1.28. The molecule has 0 amide bonds. The molecular formula is C14H31NO3. The van der Waals surface area contributed by atoms with Gasteiger partial charge in [-0.3, -0.25) is 0 Å². The van der Waals surface area contributed by atoms with E-state index in [9.17, 15) is 9.90 Å². The summed E-state index contributed by atoms with van der Waals surface area (Å²) in [6.45, 7) is 9.53. The van der Waals surface area contributed by atoms with Gasteiger partial charge in [-0.15, -0.1) is 0 Å². The third-order valence-corrected chi connectivity index (χ3v) is 2.73. The maximum Gasteiger partial charge on any atom is 0.0983 e. The van der Waals surface area contributed by atoms with Gasteiger partial charge in [0, 0.05) is 0 Å². The Balaban J connectivity index is 0. The predicted molar refractivity (Wildman–Crippen MR) is 73.0 cm³/mol. The Bertz CT molecular complexity index is 210. The van der Waals surface area contributed by atoms with Gasteiger partial charge in [0.05, 0.1) is 38.8 Å². The second kappa shape index (κ2) is 9.34. The minimum absolute atomic E-state index is 1.16. The third kappa shape index (κ3) is 13.5. The van der Waals surface area contributed by atoms with Crippen molar-refractivity contribution in [2.24, 2.45) is 0 Å². The van der Waals surface area contributed by atoms with E-state index in [1.165, 1.54) is 43.3 Å². The van der Waals surface area contributed by atoms with Gasteiger partial charge in [-0.2, -0.15) is 0 Å². The largest absolute Gasteiger partial charge is 0.547 e. The van der Waals surface area contributed by atoms with Crippen LogP contribution in [0.15, 0.2) is 0 Å². The fraction of sp³-hybridized carbons (Fsp3) is 0.929. The molecule has 0 aromatic carbocycles. The number of aliphatic carboxylic acids is 1. The maximum atomic E-state index is 9.66. The van der Waals surface area contributed by atoms with Crippen molar-refractivity contribution in [3.05, 3.63) is 0 Å². The molecule has 0 saturated carbocycles. The van der Waals surface area contributed by atoms with E-state index in [0.29, 0.717) is 0 Å². The van der Waals surface area contributed by atoms with Gasteiger partial charge in [0.15, 0.2) is 0 Å². The monoisotopic (exact) mass is 261 g/mol. The number of hydrogen-bond donors (Lipinski definition) is 1. The highest BCUT2D eigenvalue weighted by Gasteiger charge is 2.12.